The SMILES string of the molecule is O=[N+]([O-])c1ccc(S(=O)(=O)N([CH]=[Ru]([Cl])[Cl])c2cc(C(F)(F)F)cc(C(F)(F)F)c2)cc1. The zero-order valence-corrected chi connectivity index (χ0v) is 18.5. The van der Waals surface area contributed by atoms with E-state index in [1.807, 2.05) is 0 Å². The molecule has 0 bridgehead atoms. The third-order valence-corrected chi connectivity index (χ3v) is 7.18. The summed E-state index contributed by atoms with van der Waals surface area (Å²) in [4.78, 5) is 9.24. The molecule has 0 radical (unpaired) electrons. The maximum atomic E-state index is 13.1. The Morgan fingerprint density at radius 2 is 1.39 bits per heavy atom. The Balaban J connectivity index is 2.77. The zero-order chi connectivity index (χ0) is 23.8. The predicted octanol–water partition coefficient (Wildman–Crippen LogP) is 5.51. The first-order chi connectivity index (χ1) is 14.0. The molecule has 31 heavy (non-hydrogen) atoms. The summed E-state index contributed by atoms with van der Waals surface area (Å²) in [6.07, 6.45) is -10.4. The fourth-order valence-corrected chi connectivity index (χ4v) is 6.44. The Kier molecular flexibility index (Phi) is 7.41. The second-order valence-corrected chi connectivity index (χ2v) is 13.1. The molecule has 0 fully saturated rings. The fraction of sp³-hybridized carbons (Fsp3) is 0.133. The second kappa shape index (κ2) is 9.01. The Morgan fingerprint density at radius 1 is 0.935 bits per heavy atom. The minimum atomic E-state index is -5.22. The first kappa shape index (κ1) is 25.5. The number of anilines is 1. The van der Waals surface area contributed by atoms with E-state index in [2.05, 4.69) is 0 Å². The molecule has 2 aromatic carbocycles. The summed E-state index contributed by atoms with van der Waals surface area (Å²) in [6, 6.07) is 3.36. The molecule has 2 rings (SSSR count). The number of nitro benzene ring substituents is 1. The van der Waals surface area contributed by atoms with E-state index in [-0.39, 0.29) is 22.5 Å². The number of hydrogen-bond donors (Lipinski definition) is 0. The van der Waals surface area contributed by atoms with Crippen LogP contribution in [0.1, 0.15) is 11.1 Å². The van der Waals surface area contributed by atoms with Crippen molar-refractivity contribution >= 4 is 45.5 Å². The van der Waals surface area contributed by atoms with Crippen molar-refractivity contribution in [2.75, 3.05) is 4.31 Å². The van der Waals surface area contributed by atoms with Crippen LogP contribution >= 0.6 is 19.4 Å². The number of halogens is 8. The van der Waals surface area contributed by atoms with Crippen molar-refractivity contribution in [1.29, 1.82) is 0 Å². The van der Waals surface area contributed by atoms with Gasteiger partial charge in [0.1, 0.15) is 0 Å². The number of hydrogen-bond acceptors (Lipinski definition) is 4. The molecule has 0 saturated heterocycles. The molecule has 6 nitrogen and oxygen atoms in total. The van der Waals surface area contributed by atoms with Crippen molar-refractivity contribution in [3.63, 3.8) is 0 Å². The number of nitrogens with zero attached hydrogens (tertiary/aromatic N) is 2. The van der Waals surface area contributed by atoms with E-state index in [4.69, 9.17) is 19.4 Å². The minimum absolute atomic E-state index is 0.109. The summed E-state index contributed by atoms with van der Waals surface area (Å²) in [5.41, 5.74) is -5.01. The third kappa shape index (κ3) is 6.15. The first-order valence-corrected chi connectivity index (χ1v) is 14.4. The van der Waals surface area contributed by atoms with E-state index in [0.717, 1.165) is 24.3 Å². The van der Waals surface area contributed by atoms with Gasteiger partial charge in [-0.3, -0.25) is 0 Å². The monoisotopic (exact) mass is 598 g/mol. The van der Waals surface area contributed by atoms with Gasteiger partial charge in [0.2, 0.25) is 0 Å². The molecule has 172 valence electrons. The van der Waals surface area contributed by atoms with Crippen molar-refractivity contribution in [2.24, 2.45) is 0 Å². The Morgan fingerprint density at radius 3 is 1.74 bits per heavy atom. The van der Waals surface area contributed by atoms with Gasteiger partial charge in [-0.15, -0.1) is 0 Å². The quantitative estimate of drug-likeness (QED) is 0.197. The zero-order valence-electron chi connectivity index (χ0n) is 14.4. The average Bonchev–Trinajstić information content (AvgIpc) is 2.64. The number of nitro groups is 1. The van der Waals surface area contributed by atoms with Crippen LogP contribution in [0.2, 0.25) is 0 Å². The van der Waals surface area contributed by atoms with E-state index in [1.54, 1.807) is 0 Å². The van der Waals surface area contributed by atoms with Crippen molar-refractivity contribution in [1.82, 2.24) is 0 Å². The van der Waals surface area contributed by atoms with Gasteiger partial charge in [-0.1, -0.05) is 0 Å². The number of rotatable bonds is 5. The molecule has 0 unspecified atom stereocenters. The van der Waals surface area contributed by atoms with Gasteiger partial charge in [-0.25, -0.2) is 0 Å². The molecule has 0 aliphatic heterocycles. The van der Waals surface area contributed by atoms with Gasteiger partial charge in [0.25, 0.3) is 0 Å². The summed E-state index contributed by atoms with van der Waals surface area (Å²) in [5, 5.41) is 10.7. The van der Waals surface area contributed by atoms with Crippen molar-refractivity contribution in [3.05, 3.63) is 63.7 Å². The van der Waals surface area contributed by atoms with E-state index in [0.29, 0.717) is 4.73 Å². The molecular weight excluding hydrogens is 590 g/mol. The molecule has 0 spiro atoms. The van der Waals surface area contributed by atoms with E-state index >= 15 is 0 Å². The molecule has 2 aromatic rings. The number of non-ortho nitro benzene ring substituents is 1. The van der Waals surface area contributed by atoms with Crippen LogP contribution in [-0.4, -0.2) is 18.1 Å². The molecule has 0 atom stereocenters. The molecule has 0 aliphatic rings. The Hall–Kier alpha value is -1.76. The predicted molar refractivity (Wildman–Crippen MR) is 97.0 cm³/mol. The third-order valence-electron chi connectivity index (χ3n) is 3.58. The molecule has 0 aliphatic carbocycles. The summed E-state index contributed by atoms with van der Waals surface area (Å²) >= 11 is -3.11. The van der Waals surface area contributed by atoms with Crippen LogP contribution in [0.15, 0.2) is 47.4 Å². The molecule has 0 aromatic heterocycles. The molecule has 0 saturated carbocycles. The molecular formula is C15H8Cl2F6N2O4RuS. The Labute approximate surface area is 183 Å². The number of benzene rings is 2. The van der Waals surface area contributed by atoms with Crippen molar-refractivity contribution in [3.8, 4) is 0 Å². The number of alkyl halides is 6. The van der Waals surface area contributed by atoms with Gasteiger partial charge in [-0.2, -0.15) is 0 Å². The molecule has 16 heteroatoms. The topological polar surface area (TPSA) is 80.5 Å². The average molecular weight is 598 g/mol. The van der Waals surface area contributed by atoms with Crippen LogP contribution in [0.5, 0.6) is 0 Å². The Bertz CT molecular complexity index is 1100. The van der Waals surface area contributed by atoms with Gasteiger partial charge >= 0.3 is 184 Å². The van der Waals surface area contributed by atoms with Gasteiger partial charge in [0.15, 0.2) is 0 Å². The summed E-state index contributed by atoms with van der Waals surface area (Å²) in [6.45, 7) is 0. The van der Waals surface area contributed by atoms with E-state index in [9.17, 15) is 44.9 Å². The summed E-state index contributed by atoms with van der Waals surface area (Å²) in [5.74, 6) is 0. The van der Waals surface area contributed by atoms with Crippen LogP contribution in [0.3, 0.4) is 0 Å². The number of sulfonamides is 1. The van der Waals surface area contributed by atoms with Gasteiger partial charge < -0.3 is 0 Å². The van der Waals surface area contributed by atoms with Gasteiger partial charge in [-0.05, 0) is 0 Å². The van der Waals surface area contributed by atoms with E-state index in [1.165, 1.54) is 0 Å². The first-order valence-electron chi connectivity index (χ1n) is 7.45. The van der Waals surface area contributed by atoms with E-state index < -0.39 is 68.2 Å². The fourth-order valence-electron chi connectivity index (χ4n) is 2.22. The summed E-state index contributed by atoms with van der Waals surface area (Å²) < 4.78 is 105. The van der Waals surface area contributed by atoms with Crippen LogP contribution in [0.25, 0.3) is 0 Å². The maximum absolute atomic E-state index is 13.1. The normalized spacial score (nSPS) is 13.0. The van der Waals surface area contributed by atoms with Crippen LogP contribution < -0.4 is 4.31 Å². The standard InChI is InChI=1S/C15H8F6N2O4S.2ClH.Ru/c1-22(28(26,27)13-4-2-11(3-5-13)23(24)25)12-7-9(14(16,17)18)6-10(8-12)15(19,20)21;;;/h1-8H;2*1H;/q;;;+2/p-2. The van der Waals surface area contributed by atoms with Crippen LogP contribution in [0.4, 0.5) is 37.7 Å². The van der Waals surface area contributed by atoms with Crippen LogP contribution in [-0.2, 0) is 35.9 Å². The van der Waals surface area contributed by atoms with Gasteiger partial charge in [0.05, 0.1) is 0 Å². The van der Waals surface area contributed by atoms with Gasteiger partial charge in [0, 0.05) is 0 Å². The summed E-state index contributed by atoms with van der Waals surface area (Å²) in [7, 11) is 6.48. The van der Waals surface area contributed by atoms with Crippen molar-refractivity contribution in [2.45, 2.75) is 17.2 Å². The molecule has 0 amide bonds. The van der Waals surface area contributed by atoms with Crippen molar-refractivity contribution < 1.29 is 53.2 Å². The second-order valence-electron chi connectivity index (χ2n) is 5.61. The molecule has 0 N–H and O–H groups in total. The van der Waals surface area contributed by atoms with Crippen LogP contribution in [0, 0.1) is 10.1 Å². The molecule has 0 heterocycles.